The van der Waals surface area contributed by atoms with E-state index in [9.17, 15) is 4.79 Å². The Bertz CT molecular complexity index is 303. The van der Waals surface area contributed by atoms with E-state index < -0.39 is 5.54 Å². The Morgan fingerprint density at radius 1 is 1.45 bits per heavy atom. The van der Waals surface area contributed by atoms with Crippen LogP contribution >= 0.6 is 0 Å². The third kappa shape index (κ3) is 4.45. The lowest BCUT2D eigenvalue weighted by Gasteiger charge is -2.37. The summed E-state index contributed by atoms with van der Waals surface area (Å²) in [4.78, 5) is 14.6. The van der Waals surface area contributed by atoms with Gasteiger partial charge in [-0.25, -0.2) is 0 Å². The van der Waals surface area contributed by atoms with Gasteiger partial charge in [0.15, 0.2) is 0 Å². The van der Waals surface area contributed by atoms with Crippen LogP contribution in [0.25, 0.3) is 0 Å². The molecular formula is C16H32N2O2. The zero-order valence-corrected chi connectivity index (χ0v) is 13.9. The van der Waals surface area contributed by atoms with Gasteiger partial charge in [-0.1, -0.05) is 19.8 Å². The fourth-order valence-corrected chi connectivity index (χ4v) is 3.26. The van der Waals surface area contributed by atoms with Gasteiger partial charge in [-0.3, -0.25) is 4.79 Å². The molecule has 2 unspecified atom stereocenters. The zero-order chi connectivity index (χ0) is 15.2. The van der Waals surface area contributed by atoms with Crippen LogP contribution in [0, 0.1) is 0 Å². The van der Waals surface area contributed by atoms with Crippen LogP contribution in [0.4, 0.5) is 0 Å². The fraction of sp³-hybridized carbons (Fsp3) is 0.938. The average Bonchev–Trinajstić information content (AvgIpc) is 2.97. The predicted molar refractivity (Wildman–Crippen MR) is 82.8 cm³/mol. The Labute approximate surface area is 124 Å². The largest absolute Gasteiger partial charge is 0.468 e. The lowest BCUT2D eigenvalue weighted by atomic mass is 9.92. The number of hydrogen-bond donors (Lipinski definition) is 1. The number of carbonyl (C=O) groups is 1. The van der Waals surface area contributed by atoms with E-state index in [1.54, 1.807) is 0 Å². The molecule has 0 radical (unpaired) electrons. The van der Waals surface area contributed by atoms with Crippen molar-refractivity contribution in [3.05, 3.63) is 0 Å². The maximum atomic E-state index is 12.1. The van der Waals surface area contributed by atoms with Crippen LogP contribution in [0.3, 0.4) is 0 Å². The molecular weight excluding hydrogens is 252 g/mol. The van der Waals surface area contributed by atoms with Crippen molar-refractivity contribution in [3.63, 3.8) is 0 Å². The van der Waals surface area contributed by atoms with Gasteiger partial charge < -0.3 is 15.0 Å². The van der Waals surface area contributed by atoms with E-state index in [0.29, 0.717) is 12.1 Å². The van der Waals surface area contributed by atoms with E-state index in [0.717, 1.165) is 19.4 Å². The van der Waals surface area contributed by atoms with Crippen molar-refractivity contribution >= 4 is 5.97 Å². The minimum absolute atomic E-state index is 0.155. The van der Waals surface area contributed by atoms with Gasteiger partial charge in [-0.05, 0) is 53.1 Å². The summed E-state index contributed by atoms with van der Waals surface area (Å²) in [5.41, 5.74) is -0.586. The number of hydrogen-bond acceptors (Lipinski definition) is 4. The Balaban J connectivity index is 2.64. The van der Waals surface area contributed by atoms with Crippen LogP contribution in [-0.4, -0.2) is 49.2 Å². The first-order valence-corrected chi connectivity index (χ1v) is 8.00. The number of ether oxygens (including phenoxy) is 1. The molecule has 0 heterocycles. The van der Waals surface area contributed by atoms with Crippen LogP contribution in [0.2, 0.25) is 0 Å². The number of nitrogens with one attached hydrogen (secondary N) is 1. The molecule has 0 saturated heterocycles. The lowest BCUT2D eigenvalue weighted by Crippen LogP contribution is -2.54. The molecule has 0 aromatic carbocycles. The molecule has 20 heavy (non-hydrogen) atoms. The van der Waals surface area contributed by atoms with Gasteiger partial charge in [0.25, 0.3) is 0 Å². The molecule has 1 fully saturated rings. The Morgan fingerprint density at radius 3 is 2.55 bits per heavy atom. The first-order valence-electron chi connectivity index (χ1n) is 8.00. The number of esters is 1. The van der Waals surface area contributed by atoms with Crippen LogP contribution in [0.15, 0.2) is 0 Å². The molecule has 2 atom stereocenters. The van der Waals surface area contributed by atoms with Crippen molar-refractivity contribution in [2.45, 2.75) is 76.9 Å². The van der Waals surface area contributed by atoms with Crippen LogP contribution in [0.5, 0.6) is 0 Å². The lowest BCUT2D eigenvalue weighted by molar-refractivity contribution is -0.148. The van der Waals surface area contributed by atoms with Crippen LogP contribution < -0.4 is 5.32 Å². The number of rotatable bonds is 8. The van der Waals surface area contributed by atoms with E-state index in [1.165, 1.54) is 32.8 Å². The highest BCUT2D eigenvalue weighted by atomic mass is 16.5. The number of nitrogens with zero attached hydrogens (tertiary/aromatic N) is 1. The van der Waals surface area contributed by atoms with E-state index >= 15 is 0 Å². The third-order valence-corrected chi connectivity index (χ3v) is 4.70. The zero-order valence-electron chi connectivity index (χ0n) is 13.9. The summed E-state index contributed by atoms with van der Waals surface area (Å²) >= 11 is 0. The standard InChI is InChI=1S/C16H32N2O2/c1-6-11-17-16(3,15(19)20-5)12-13(2)18(4)14-9-7-8-10-14/h13-14,17H,6-12H2,1-5H3. The van der Waals surface area contributed by atoms with Crippen molar-refractivity contribution in [2.24, 2.45) is 0 Å². The highest BCUT2D eigenvalue weighted by Gasteiger charge is 2.37. The molecule has 0 amide bonds. The normalized spacial score (nSPS) is 20.9. The van der Waals surface area contributed by atoms with Gasteiger partial charge in [0, 0.05) is 12.1 Å². The highest BCUT2D eigenvalue weighted by Crippen LogP contribution is 2.26. The molecule has 0 aromatic heterocycles. The van der Waals surface area contributed by atoms with Crippen molar-refractivity contribution in [3.8, 4) is 0 Å². The SMILES string of the molecule is CCCNC(C)(CC(C)N(C)C1CCCC1)C(=O)OC. The molecule has 0 aromatic rings. The van der Waals surface area contributed by atoms with Crippen molar-refractivity contribution in [1.29, 1.82) is 0 Å². The topological polar surface area (TPSA) is 41.6 Å². The molecule has 1 saturated carbocycles. The van der Waals surface area contributed by atoms with Gasteiger partial charge >= 0.3 is 5.97 Å². The van der Waals surface area contributed by atoms with E-state index in [2.05, 4.69) is 31.1 Å². The Kier molecular flexibility index (Phi) is 6.96. The van der Waals surface area contributed by atoms with Crippen LogP contribution in [-0.2, 0) is 9.53 Å². The van der Waals surface area contributed by atoms with E-state index in [-0.39, 0.29) is 5.97 Å². The van der Waals surface area contributed by atoms with E-state index in [1.807, 2.05) is 6.92 Å². The quantitative estimate of drug-likeness (QED) is 0.696. The summed E-state index contributed by atoms with van der Waals surface area (Å²) < 4.78 is 5.00. The Morgan fingerprint density at radius 2 is 2.05 bits per heavy atom. The molecule has 0 aliphatic heterocycles. The van der Waals surface area contributed by atoms with Gasteiger partial charge in [0.05, 0.1) is 7.11 Å². The molecule has 1 rings (SSSR count). The average molecular weight is 284 g/mol. The number of methoxy groups -OCH3 is 1. The molecule has 0 spiro atoms. The summed E-state index contributed by atoms with van der Waals surface area (Å²) in [5, 5.41) is 3.37. The molecule has 0 bridgehead atoms. The first-order chi connectivity index (χ1) is 9.44. The van der Waals surface area contributed by atoms with Crippen LogP contribution in [0.1, 0.15) is 59.3 Å². The second-order valence-corrected chi connectivity index (χ2v) is 6.41. The highest BCUT2D eigenvalue weighted by molar-refractivity contribution is 5.80. The van der Waals surface area contributed by atoms with E-state index in [4.69, 9.17) is 4.74 Å². The minimum atomic E-state index is -0.586. The fourth-order valence-electron chi connectivity index (χ4n) is 3.26. The van der Waals surface area contributed by atoms with Gasteiger partial charge in [0.1, 0.15) is 5.54 Å². The monoisotopic (exact) mass is 284 g/mol. The van der Waals surface area contributed by atoms with Gasteiger partial charge in [-0.2, -0.15) is 0 Å². The van der Waals surface area contributed by atoms with Crippen molar-refractivity contribution < 1.29 is 9.53 Å². The maximum absolute atomic E-state index is 12.1. The summed E-state index contributed by atoms with van der Waals surface area (Å²) in [6, 6.07) is 1.05. The van der Waals surface area contributed by atoms with Crippen molar-refractivity contribution in [2.75, 3.05) is 20.7 Å². The predicted octanol–water partition coefficient (Wildman–Crippen LogP) is 2.57. The molecule has 1 aliphatic rings. The Hall–Kier alpha value is -0.610. The summed E-state index contributed by atoms with van der Waals surface area (Å²) in [7, 11) is 3.66. The first kappa shape index (κ1) is 17.4. The summed E-state index contributed by atoms with van der Waals surface area (Å²) in [5.74, 6) is -0.155. The maximum Gasteiger partial charge on any atom is 0.325 e. The summed E-state index contributed by atoms with van der Waals surface area (Å²) in [6.07, 6.45) is 7.05. The minimum Gasteiger partial charge on any atom is -0.468 e. The van der Waals surface area contributed by atoms with Gasteiger partial charge in [0.2, 0.25) is 0 Å². The number of carbonyl (C=O) groups excluding carboxylic acids is 1. The molecule has 1 aliphatic carbocycles. The third-order valence-electron chi connectivity index (χ3n) is 4.70. The summed E-state index contributed by atoms with van der Waals surface area (Å²) in [6.45, 7) is 7.13. The molecule has 118 valence electrons. The molecule has 4 heteroatoms. The molecule has 1 N–H and O–H groups in total. The smallest absolute Gasteiger partial charge is 0.325 e. The second kappa shape index (κ2) is 7.99. The van der Waals surface area contributed by atoms with Gasteiger partial charge in [-0.15, -0.1) is 0 Å². The second-order valence-electron chi connectivity index (χ2n) is 6.41. The molecule has 4 nitrogen and oxygen atoms in total. The van der Waals surface area contributed by atoms with Crippen molar-refractivity contribution in [1.82, 2.24) is 10.2 Å².